The highest BCUT2D eigenvalue weighted by atomic mass is 16.5. The van der Waals surface area contributed by atoms with E-state index in [4.69, 9.17) is 4.74 Å². The molecule has 0 atom stereocenters. The summed E-state index contributed by atoms with van der Waals surface area (Å²) in [4.78, 5) is 0. The molecule has 0 fully saturated rings. The third kappa shape index (κ3) is 3.75. The summed E-state index contributed by atoms with van der Waals surface area (Å²) in [5.41, 5.74) is 11.3. The van der Waals surface area contributed by atoms with Gasteiger partial charge in [0, 0.05) is 12.2 Å². The van der Waals surface area contributed by atoms with Crippen LogP contribution < -0.4 is 15.6 Å². The molecule has 0 amide bonds. The number of ether oxygens (including phenoxy) is 1. The van der Waals surface area contributed by atoms with Crippen molar-refractivity contribution >= 4 is 5.69 Å². The fourth-order valence-electron chi connectivity index (χ4n) is 2.24. The van der Waals surface area contributed by atoms with Crippen LogP contribution in [-0.4, -0.2) is 6.61 Å². The SMILES string of the molecule is CCOc1cc(C)c(CNNc2ccccc2)c(C)c1. The summed E-state index contributed by atoms with van der Waals surface area (Å²) in [6.07, 6.45) is 0. The molecule has 0 unspecified atom stereocenters. The third-order valence-corrected chi connectivity index (χ3v) is 3.25. The molecule has 0 bridgehead atoms. The molecule has 0 aliphatic heterocycles. The molecule has 3 heteroatoms. The lowest BCUT2D eigenvalue weighted by Gasteiger charge is -2.14. The average Bonchev–Trinajstić information content (AvgIpc) is 2.43. The predicted octanol–water partition coefficient (Wildman–Crippen LogP) is 3.82. The Kier molecular flexibility index (Phi) is 5.02. The lowest BCUT2D eigenvalue weighted by atomic mass is 10.0. The summed E-state index contributed by atoms with van der Waals surface area (Å²) < 4.78 is 5.56. The zero-order valence-corrected chi connectivity index (χ0v) is 12.4. The second kappa shape index (κ2) is 6.96. The first-order valence-corrected chi connectivity index (χ1v) is 6.97. The minimum Gasteiger partial charge on any atom is -0.494 e. The Morgan fingerprint density at radius 2 is 1.65 bits per heavy atom. The number of anilines is 1. The van der Waals surface area contributed by atoms with Crippen molar-refractivity contribution in [2.24, 2.45) is 0 Å². The summed E-state index contributed by atoms with van der Waals surface area (Å²) in [5.74, 6) is 0.947. The van der Waals surface area contributed by atoms with Crippen LogP contribution in [0.25, 0.3) is 0 Å². The molecule has 0 aliphatic carbocycles. The second-order valence-electron chi connectivity index (χ2n) is 4.81. The van der Waals surface area contributed by atoms with E-state index < -0.39 is 0 Å². The molecule has 20 heavy (non-hydrogen) atoms. The molecule has 2 N–H and O–H groups in total. The van der Waals surface area contributed by atoms with Gasteiger partial charge in [0.15, 0.2) is 0 Å². The zero-order valence-electron chi connectivity index (χ0n) is 12.4. The van der Waals surface area contributed by atoms with Crippen molar-refractivity contribution in [3.63, 3.8) is 0 Å². The number of para-hydroxylation sites is 1. The zero-order chi connectivity index (χ0) is 14.4. The van der Waals surface area contributed by atoms with Crippen molar-refractivity contribution in [3.8, 4) is 5.75 Å². The largest absolute Gasteiger partial charge is 0.494 e. The van der Waals surface area contributed by atoms with Gasteiger partial charge in [0.1, 0.15) is 5.75 Å². The first-order valence-electron chi connectivity index (χ1n) is 6.97. The highest BCUT2D eigenvalue weighted by molar-refractivity contribution is 5.43. The standard InChI is InChI=1S/C17H22N2O/c1-4-20-16-10-13(2)17(14(3)11-16)12-18-19-15-8-6-5-7-9-15/h5-11,18-19H,4,12H2,1-3H3. The van der Waals surface area contributed by atoms with E-state index in [-0.39, 0.29) is 0 Å². The van der Waals surface area contributed by atoms with E-state index in [1.165, 1.54) is 16.7 Å². The number of benzene rings is 2. The van der Waals surface area contributed by atoms with E-state index in [2.05, 4.69) is 36.8 Å². The molecule has 3 nitrogen and oxygen atoms in total. The van der Waals surface area contributed by atoms with Crippen molar-refractivity contribution < 1.29 is 4.74 Å². The molecule has 0 aromatic heterocycles. The number of hydrogen-bond acceptors (Lipinski definition) is 3. The predicted molar refractivity (Wildman–Crippen MR) is 84.0 cm³/mol. The van der Waals surface area contributed by atoms with Gasteiger partial charge in [-0.2, -0.15) is 0 Å². The average molecular weight is 270 g/mol. The van der Waals surface area contributed by atoms with Gasteiger partial charge in [-0.3, -0.25) is 0 Å². The Labute approximate surface area is 120 Å². The molecule has 0 saturated carbocycles. The Bertz CT molecular complexity index is 529. The second-order valence-corrected chi connectivity index (χ2v) is 4.81. The first-order chi connectivity index (χ1) is 9.70. The Hall–Kier alpha value is -2.00. The molecule has 106 valence electrons. The van der Waals surface area contributed by atoms with Crippen LogP contribution in [0.1, 0.15) is 23.6 Å². The van der Waals surface area contributed by atoms with E-state index in [0.29, 0.717) is 6.61 Å². The lowest BCUT2D eigenvalue weighted by molar-refractivity contribution is 0.339. The lowest BCUT2D eigenvalue weighted by Crippen LogP contribution is -2.21. The summed E-state index contributed by atoms with van der Waals surface area (Å²) in [6, 6.07) is 14.3. The summed E-state index contributed by atoms with van der Waals surface area (Å²) in [5, 5.41) is 0. The molecule has 2 rings (SSSR count). The smallest absolute Gasteiger partial charge is 0.119 e. The molecule has 0 aliphatic rings. The monoisotopic (exact) mass is 270 g/mol. The molecule has 0 saturated heterocycles. The number of hydrazine groups is 1. The normalized spacial score (nSPS) is 10.3. The van der Waals surface area contributed by atoms with Crippen LogP contribution in [0, 0.1) is 13.8 Å². The minimum atomic E-state index is 0.700. The third-order valence-electron chi connectivity index (χ3n) is 3.25. The quantitative estimate of drug-likeness (QED) is 0.783. The molecule has 2 aromatic rings. The van der Waals surface area contributed by atoms with Gasteiger partial charge >= 0.3 is 0 Å². The van der Waals surface area contributed by atoms with E-state index in [1.54, 1.807) is 0 Å². The molecule has 0 heterocycles. The molecular formula is C17H22N2O. The molecule has 0 spiro atoms. The van der Waals surface area contributed by atoms with E-state index >= 15 is 0 Å². The van der Waals surface area contributed by atoms with Crippen LogP contribution in [-0.2, 0) is 6.54 Å². The fourth-order valence-corrected chi connectivity index (χ4v) is 2.24. The highest BCUT2D eigenvalue weighted by Crippen LogP contribution is 2.21. The van der Waals surface area contributed by atoms with Gasteiger partial charge in [0.25, 0.3) is 0 Å². The summed E-state index contributed by atoms with van der Waals surface area (Å²) >= 11 is 0. The number of rotatable bonds is 6. The minimum absolute atomic E-state index is 0.700. The van der Waals surface area contributed by atoms with E-state index in [1.807, 2.05) is 37.3 Å². The first kappa shape index (κ1) is 14.4. The van der Waals surface area contributed by atoms with Crippen LogP contribution in [0.15, 0.2) is 42.5 Å². The van der Waals surface area contributed by atoms with Crippen molar-refractivity contribution in [1.82, 2.24) is 5.43 Å². The van der Waals surface area contributed by atoms with Crippen molar-refractivity contribution in [2.75, 3.05) is 12.0 Å². The van der Waals surface area contributed by atoms with Gasteiger partial charge in [-0.25, -0.2) is 5.43 Å². The maximum Gasteiger partial charge on any atom is 0.119 e. The van der Waals surface area contributed by atoms with Crippen LogP contribution in [0.3, 0.4) is 0 Å². The van der Waals surface area contributed by atoms with Crippen LogP contribution in [0.2, 0.25) is 0 Å². The van der Waals surface area contributed by atoms with Gasteiger partial charge < -0.3 is 10.2 Å². The van der Waals surface area contributed by atoms with Gasteiger partial charge in [0.2, 0.25) is 0 Å². The van der Waals surface area contributed by atoms with Gasteiger partial charge in [-0.15, -0.1) is 0 Å². The maximum atomic E-state index is 5.56. The number of hydrogen-bond donors (Lipinski definition) is 2. The van der Waals surface area contributed by atoms with Crippen molar-refractivity contribution in [1.29, 1.82) is 0 Å². The molecule has 0 radical (unpaired) electrons. The number of nitrogens with one attached hydrogen (secondary N) is 2. The van der Waals surface area contributed by atoms with Crippen molar-refractivity contribution in [3.05, 3.63) is 59.2 Å². The Morgan fingerprint density at radius 3 is 2.25 bits per heavy atom. The van der Waals surface area contributed by atoms with E-state index in [9.17, 15) is 0 Å². The molecular weight excluding hydrogens is 248 g/mol. The summed E-state index contributed by atoms with van der Waals surface area (Å²) in [6.45, 7) is 7.72. The topological polar surface area (TPSA) is 33.3 Å². The maximum absolute atomic E-state index is 5.56. The van der Waals surface area contributed by atoms with E-state index in [0.717, 1.165) is 18.0 Å². The molecule has 2 aromatic carbocycles. The van der Waals surface area contributed by atoms with Gasteiger partial charge in [0.05, 0.1) is 6.61 Å². The highest BCUT2D eigenvalue weighted by Gasteiger charge is 2.05. The van der Waals surface area contributed by atoms with Gasteiger partial charge in [-0.1, -0.05) is 18.2 Å². The van der Waals surface area contributed by atoms with Crippen LogP contribution in [0.5, 0.6) is 5.75 Å². The Balaban J connectivity index is 1.99. The summed E-state index contributed by atoms with van der Waals surface area (Å²) in [7, 11) is 0. The van der Waals surface area contributed by atoms with Crippen LogP contribution >= 0.6 is 0 Å². The Morgan fingerprint density at radius 1 is 1.00 bits per heavy atom. The number of aryl methyl sites for hydroxylation is 2. The van der Waals surface area contributed by atoms with Crippen molar-refractivity contribution in [2.45, 2.75) is 27.3 Å². The fraction of sp³-hybridized carbons (Fsp3) is 0.294. The van der Waals surface area contributed by atoms with Crippen LogP contribution in [0.4, 0.5) is 5.69 Å². The van der Waals surface area contributed by atoms with Gasteiger partial charge in [-0.05, 0) is 61.7 Å².